The van der Waals surface area contributed by atoms with E-state index >= 15 is 0 Å². The Labute approximate surface area is 144 Å². The summed E-state index contributed by atoms with van der Waals surface area (Å²) in [4.78, 5) is 11.4. The van der Waals surface area contributed by atoms with Crippen LogP contribution in [0.25, 0.3) is 10.8 Å². The first-order chi connectivity index (χ1) is 11.5. The molecule has 0 aliphatic carbocycles. The third kappa shape index (κ3) is 2.72. The summed E-state index contributed by atoms with van der Waals surface area (Å²) in [5.74, 6) is 0.129. The first kappa shape index (κ1) is 16.7. The van der Waals surface area contributed by atoms with Crippen molar-refractivity contribution in [1.82, 2.24) is 5.32 Å². The van der Waals surface area contributed by atoms with E-state index in [4.69, 9.17) is 0 Å². The van der Waals surface area contributed by atoms with Crippen LogP contribution < -0.4 is 5.32 Å². The number of nitrogens with one attached hydrogen (secondary N) is 1. The highest BCUT2D eigenvalue weighted by Gasteiger charge is 2.43. The number of nitrogens with zero attached hydrogens (tertiary/aromatic N) is 1. The number of amides is 1. The molecular weight excluding hydrogens is 296 g/mol. The third-order valence-electron chi connectivity index (χ3n) is 5.45. The number of rotatable bonds is 5. The summed E-state index contributed by atoms with van der Waals surface area (Å²) < 4.78 is 2.45. The molecule has 0 saturated heterocycles. The van der Waals surface area contributed by atoms with Gasteiger partial charge in [0, 0.05) is 38.4 Å². The smallest absolute Gasteiger partial charge is 0.219 e. The number of unbranched alkanes of at least 4 members (excludes halogenated alkanes) is 1. The Bertz CT molecular complexity index is 818. The first-order valence-electron chi connectivity index (χ1n) is 8.81. The predicted molar refractivity (Wildman–Crippen MR) is 100 cm³/mol. The minimum atomic E-state index is 0.0387. The highest BCUT2D eigenvalue weighted by Crippen LogP contribution is 2.43. The molecular formula is C21H27N2O+. The van der Waals surface area contributed by atoms with E-state index in [9.17, 15) is 4.79 Å². The Kier molecular flexibility index (Phi) is 4.44. The van der Waals surface area contributed by atoms with Crippen molar-refractivity contribution in [3.8, 4) is 0 Å². The summed E-state index contributed by atoms with van der Waals surface area (Å²) in [6.07, 6.45) is 2.55. The van der Waals surface area contributed by atoms with E-state index in [-0.39, 0.29) is 11.3 Å². The number of benzene rings is 2. The monoisotopic (exact) mass is 323 g/mol. The molecule has 2 aromatic rings. The quantitative estimate of drug-likeness (QED) is 0.650. The minimum Gasteiger partial charge on any atom is -0.359 e. The fourth-order valence-corrected chi connectivity index (χ4v) is 3.81. The molecule has 1 N–H and O–H groups in total. The van der Waals surface area contributed by atoms with Crippen LogP contribution in [0.2, 0.25) is 0 Å². The van der Waals surface area contributed by atoms with E-state index in [0.29, 0.717) is 6.42 Å². The zero-order valence-corrected chi connectivity index (χ0v) is 15.1. The van der Waals surface area contributed by atoms with E-state index in [1.54, 1.807) is 7.05 Å². The van der Waals surface area contributed by atoms with Gasteiger partial charge in [-0.1, -0.05) is 24.3 Å². The van der Waals surface area contributed by atoms with Crippen molar-refractivity contribution in [1.29, 1.82) is 0 Å². The van der Waals surface area contributed by atoms with E-state index in [1.807, 2.05) is 0 Å². The fraction of sp³-hybridized carbons (Fsp3) is 0.429. The topological polar surface area (TPSA) is 32.1 Å². The second kappa shape index (κ2) is 6.39. The lowest BCUT2D eigenvalue weighted by atomic mass is 9.80. The molecule has 0 unspecified atom stereocenters. The highest BCUT2D eigenvalue weighted by atomic mass is 16.1. The van der Waals surface area contributed by atoms with Gasteiger partial charge in [0.15, 0.2) is 5.71 Å². The summed E-state index contributed by atoms with van der Waals surface area (Å²) in [6.45, 7) is 7.85. The molecule has 2 aromatic carbocycles. The summed E-state index contributed by atoms with van der Waals surface area (Å²) in [6, 6.07) is 13.1. The standard InChI is InChI=1S/C21H26N2O/c1-15-21(2,3)20-17-10-6-5-9-16(17)12-13-18(20)23(15)14-8-7-11-19(24)22-4/h5-6,9-10,12-13H,7-8,11,14H2,1-4H3/p+1. The molecule has 3 nitrogen and oxygen atoms in total. The molecule has 126 valence electrons. The van der Waals surface area contributed by atoms with Gasteiger partial charge in [0.2, 0.25) is 11.6 Å². The maximum atomic E-state index is 11.4. The zero-order valence-electron chi connectivity index (χ0n) is 15.1. The van der Waals surface area contributed by atoms with Gasteiger partial charge in [-0.3, -0.25) is 4.79 Å². The van der Waals surface area contributed by atoms with Crippen LogP contribution in [0.5, 0.6) is 0 Å². The molecule has 1 heterocycles. The lowest BCUT2D eigenvalue weighted by molar-refractivity contribution is -0.439. The number of hydrogen-bond acceptors (Lipinski definition) is 1. The molecule has 0 aromatic heterocycles. The van der Waals surface area contributed by atoms with Gasteiger partial charge in [0.05, 0.1) is 5.41 Å². The van der Waals surface area contributed by atoms with Gasteiger partial charge in [-0.25, -0.2) is 0 Å². The highest BCUT2D eigenvalue weighted by molar-refractivity contribution is 6.01. The van der Waals surface area contributed by atoms with Crippen LogP contribution in [-0.4, -0.2) is 29.8 Å². The van der Waals surface area contributed by atoms with Gasteiger partial charge in [-0.15, -0.1) is 0 Å². The molecule has 0 radical (unpaired) electrons. The average molecular weight is 323 g/mol. The number of carbonyl (C=O) groups is 1. The van der Waals surface area contributed by atoms with Gasteiger partial charge in [-0.2, -0.15) is 4.58 Å². The van der Waals surface area contributed by atoms with Crippen LogP contribution in [0.1, 0.15) is 45.6 Å². The average Bonchev–Trinajstić information content (AvgIpc) is 2.78. The summed E-state index contributed by atoms with van der Waals surface area (Å²) in [7, 11) is 1.70. The molecule has 0 saturated carbocycles. The normalized spacial score (nSPS) is 15.7. The van der Waals surface area contributed by atoms with Crippen molar-refractivity contribution >= 4 is 28.1 Å². The maximum absolute atomic E-state index is 11.4. The molecule has 24 heavy (non-hydrogen) atoms. The van der Waals surface area contributed by atoms with Crippen LogP contribution in [0, 0.1) is 0 Å². The molecule has 0 bridgehead atoms. The SMILES string of the molecule is CNC(=O)CCCC[N+]1=C(C)C(C)(C)c2c1ccc1ccccc21. The van der Waals surface area contributed by atoms with Crippen molar-refractivity contribution < 1.29 is 9.37 Å². The molecule has 0 spiro atoms. The summed E-state index contributed by atoms with van der Waals surface area (Å²) >= 11 is 0. The van der Waals surface area contributed by atoms with Crippen LogP contribution in [0.15, 0.2) is 36.4 Å². The molecule has 3 heteroatoms. The molecule has 0 atom stereocenters. The number of hydrogen-bond donors (Lipinski definition) is 1. The van der Waals surface area contributed by atoms with Gasteiger partial charge >= 0.3 is 0 Å². The van der Waals surface area contributed by atoms with Crippen molar-refractivity contribution in [3.05, 3.63) is 42.0 Å². The summed E-state index contributed by atoms with van der Waals surface area (Å²) in [5, 5.41) is 5.35. The lowest BCUT2D eigenvalue weighted by Gasteiger charge is -2.17. The third-order valence-corrected chi connectivity index (χ3v) is 5.45. The van der Waals surface area contributed by atoms with Crippen LogP contribution in [0.4, 0.5) is 5.69 Å². The largest absolute Gasteiger partial charge is 0.359 e. The molecule has 0 fully saturated rings. The number of carbonyl (C=O) groups excluding carboxylic acids is 1. The summed E-state index contributed by atoms with van der Waals surface area (Å²) in [5.41, 5.74) is 4.20. The zero-order chi connectivity index (χ0) is 17.3. The molecule has 1 aliphatic rings. The number of fused-ring (bicyclic) bond motifs is 3. The van der Waals surface area contributed by atoms with Crippen molar-refractivity contribution in [2.24, 2.45) is 0 Å². The van der Waals surface area contributed by atoms with Gasteiger partial charge in [0.25, 0.3) is 0 Å². The fourth-order valence-electron chi connectivity index (χ4n) is 3.81. The molecule has 1 amide bonds. The van der Waals surface area contributed by atoms with Gasteiger partial charge in [0.1, 0.15) is 6.54 Å². The predicted octanol–water partition coefficient (Wildman–Crippen LogP) is 4.15. The van der Waals surface area contributed by atoms with E-state index in [0.717, 1.165) is 19.4 Å². The van der Waals surface area contributed by atoms with E-state index < -0.39 is 0 Å². The second-order valence-corrected chi connectivity index (χ2v) is 7.17. The molecule has 1 aliphatic heterocycles. The van der Waals surface area contributed by atoms with Crippen molar-refractivity contribution in [2.75, 3.05) is 13.6 Å². The van der Waals surface area contributed by atoms with Gasteiger partial charge in [-0.05, 0) is 37.1 Å². The lowest BCUT2D eigenvalue weighted by Crippen LogP contribution is -2.27. The maximum Gasteiger partial charge on any atom is 0.219 e. The Hall–Kier alpha value is -2.16. The Balaban J connectivity index is 1.91. The van der Waals surface area contributed by atoms with Crippen molar-refractivity contribution in [2.45, 2.75) is 45.4 Å². The van der Waals surface area contributed by atoms with Crippen LogP contribution in [-0.2, 0) is 10.2 Å². The van der Waals surface area contributed by atoms with E-state index in [2.05, 4.69) is 67.1 Å². The Morgan fingerprint density at radius 1 is 1.12 bits per heavy atom. The minimum absolute atomic E-state index is 0.0387. The Morgan fingerprint density at radius 3 is 2.62 bits per heavy atom. The van der Waals surface area contributed by atoms with Crippen LogP contribution >= 0.6 is 0 Å². The molecule has 3 rings (SSSR count). The van der Waals surface area contributed by atoms with E-state index in [1.165, 1.54) is 27.7 Å². The van der Waals surface area contributed by atoms with Gasteiger partial charge < -0.3 is 5.32 Å². The van der Waals surface area contributed by atoms with Crippen molar-refractivity contribution in [3.63, 3.8) is 0 Å². The Morgan fingerprint density at radius 2 is 1.88 bits per heavy atom. The second-order valence-electron chi connectivity index (χ2n) is 7.17. The first-order valence-corrected chi connectivity index (χ1v) is 8.81. The van der Waals surface area contributed by atoms with Crippen LogP contribution in [0.3, 0.4) is 0 Å².